The number of hydrogen-bond donors (Lipinski definition) is 1. The van der Waals surface area contributed by atoms with Gasteiger partial charge in [0.05, 0.1) is 6.61 Å². The highest BCUT2D eigenvalue weighted by atomic mass is 16.5. The van der Waals surface area contributed by atoms with Crippen LogP contribution in [0.3, 0.4) is 0 Å². The summed E-state index contributed by atoms with van der Waals surface area (Å²) in [5.41, 5.74) is 0. The van der Waals surface area contributed by atoms with E-state index in [1.807, 2.05) is 0 Å². The van der Waals surface area contributed by atoms with Crippen LogP contribution in [0.4, 0.5) is 0 Å². The number of nitrogens with one attached hydrogen (secondary N) is 1. The van der Waals surface area contributed by atoms with Crippen LogP contribution >= 0.6 is 0 Å². The molecule has 1 N–H and O–H groups in total. The molecule has 0 spiro atoms. The van der Waals surface area contributed by atoms with E-state index in [0.717, 1.165) is 24.4 Å². The highest BCUT2D eigenvalue weighted by Crippen LogP contribution is 2.34. The third-order valence-electron chi connectivity index (χ3n) is 4.60. The summed E-state index contributed by atoms with van der Waals surface area (Å²) in [6.07, 6.45) is 4.11. The first kappa shape index (κ1) is 16.0. The second kappa shape index (κ2) is 7.49. The highest BCUT2D eigenvalue weighted by Gasteiger charge is 2.32. The molecular formula is C16H33NO. The van der Waals surface area contributed by atoms with E-state index in [-0.39, 0.29) is 0 Å². The van der Waals surface area contributed by atoms with Gasteiger partial charge in [0.1, 0.15) is 0 Å². The topological polar surface area (TPSA) is 21.3 Å². The van der Waals surface area contributed by atoms with Gasteiger partial charge >= 0.3 is 0 Å². The van der Waals surface area contributed by atoms with Gasteiger partial charge in [0.2, 0.25) is 0 Å². The summed E-state index contributed by atoms with van der Waals surface area (Å²) < 4.78 is 5.37. The molecule has 0 radical (unpaired) electrons. The molecule has 4 unspecified atom stereocenters. The Morgan fingerprint density at radius 2 is 1.83 bits per heavy atom. The molecule has 18 heavy (non-hydrogen) atoms. The first-order chi connectivity index (χ1) is 8.45. The fourth-order valence-corrected chi connectivity index (χ4v) is 3.28. The van der Waals surface area contributed by atoms with Crippen LogP contribution in [-0.4, -0.2) is 25.8 Å². The maximum absolute atomic E-state index is 5.37. The fraction of sp³-hybridized carbons (Fsp3) is 1.00. The smallest absolute Gasteiger partial charge is 0.0618 e. The summed E-state index contributed by atoms with van der Waals surface area (Å²) >= 11 is 0. The van der Waals surface area contributed by atoms with Crippen molar-refractivity contribution in [1.82, 2.24) is 5.32 Å². The van der Waals surface area contributed by atoms with Crippen molar-refractivity contribution < 1.29 is 4.74 Å². The first-order valence-electron chi connectivity index (χ1n) is 7.70. The molecule has 2 heteroatoms. The van der Waals surface area contributed by atoms with Crippen molar-refractivity contribution in [3.05, 3.63) is 0 Å². The summed E-state index contributed by atoms with van der Waals surface area (Å²) in [6.45, 7) is 12.5. The molecule has 0 aromatic heterocycles. The molecule has 0 aromatic rings. The monoisotopic (exact) mass is 255 g/mol. The normalized spacial score (nSPS) is 31.0. The molecule has 1 aliphatic carbocycles. The Balaban J connectivity index is 2.63. The maximum Gasteiger partial charge on any atom is 0.0618 e. The molecule has 1 saturated carbocycles. The van der Waals surface area contributed by atoms with Crippen molar-refractivity contribution in [2.75, 3.05) is 13.7 Å². The SMILES string of the molecule is COCC(NC1CC(C)CCC1C(C)C)C(C)C. The van der Waals surface area contributed by atoms with Gasteiger partial charge in [-0.15, -0.1) is 0 Å². The Morgan fingerprint density at radius 1 is 1.17 bits per heavy atom. The van der Waals surface area contributed by atoms with Crippen molar-refractivity contribution in [2.45, 2.75) is 66.0 Å². The summed E-state index contributed by atoms with van der Waals surface area (Å²) in [5.74, 6) is 3.12. The van der Waals surface area contributed by atoms with Gasteiger partial charge in [0.25, 0.3) is 0 Å². The van der Waals surface area contributed by atoms with Crippen LogP contribution in [0.15, 0.2) is 0 Å². The molecular weight excluding hydrogens is 222 g/mol. The Morgan fingerprint density at radius 3 is 2.33 bits per heavy atom. The van der Waals surface area contributed by atoms with Crippen LogP contribution in [-0.2, 0) is 4.74 Å². The van der Waals surface area contributed by atoms with Crippen molar-refractivity contribution in [2.24, 2.45) is 23.7 Å². The van der Waals surface area contributed by atoms with E-state index in [1.165, 1.54) is 19.3 Å². The molecule has 2 nitrogen and oxygen atoms in total. The zero-order chi connectivity index (χ0) is 13.7. The Kier molecular flexibility index (Phi) is 6.65. The van der Waals surface area contributed by atoms with Gasteiger partial charge in [-0.3, -0.25) is 0 Å². The zero-order valence-corrected chi connectivity index (χ0v) is 13.2. The molecule has 0 saturated heterocycles. The lowest BCUT2D eigenvalue weighted by molar-refractivity contribution is 0.104. The van der Waals surface area contributed by atoms with Crippen molar-refractivity contribution >= 4 is 0 Å². The lowest BCUT2D eigenvalue weighted by atomic mass is 9.73. The summed E-state index contributed by atoms with van der Waals surface area (Å²) in [6, 6.07) is 1.17. The van der Waals surface area contributed by atoms with Crippen LogP contribution < -0.4 is 5.32 Å². The van der Waals surface area contributed by atoms with Crippen molar-refractivity contribution in [3.63, 3.8) is 0 Å². The quantitative estimate of drug-likeness (QED) is 0.781. The average Bonchev–Trinajstić information content (AvgIpc) is 2.28. The standard InChI is InChI=1S/C16H33NO/c1-11(2)14-8-7-13(5)9-15(14)17-16(10-18-6)12(3)4/h11-17H,7-10H2,1-6H3. The predicted octanol–water partition coefficient (Wildman–Crippen LogP) is 3.71. The minimum Gasteiger partial charge on any atom is -0.383 e. The van der Waals surface area contributed by atoms with Gasteiger partial charge in [-0.25, -0.2) is 0 Å². The van der Waals surface area contributed by atoms with Gasteiger partial charge < -0.3 is 10.1 Å². The summed E-state index contributed by atoms with van der Waals surface area (Å²) in [4.78, 5) is 0. The third kappa shape index (κ3) is 4.55. The number of ether oxygens (including phenoxy) is 1. The average molecular weight is 255 g/mol. The summed E-state index contributed by atoms with van der Waals surface area (Å²) in [7, 11) is 1.81. The number of methoxy groups -OCH3 is 1. The van der Waals surface area contributed by atoms with Gasteiger partial charge in [0, 0.05) is 19.2 Å². The van der Waals surface area contributed by atoms with E-state index in [1.54, 1.807) is 7.11 Å². The molecule has 0 amide bonds. The second-order valence-corrected chi connectivity index (χ2v) is 6.91. The van der Waals surface area contributed by atoms with Crippen molar-refractivity contribution in [1.29, 1.82) is 0 Å². The van der Waals surface area contributed by atoms with Crippen LogP contribution in [0, 0.1) is 23.7 Å². The Bertz CT molecular complexity index is 227. The minimum absolute atomic E-state index is 0.492. The third-order valence-corrected chi connectivity index (χ3v) is 4.60. The largest absolute Gasteiger partial charge is 0.383 e. The Labute approximate surface area is 114 Å². The Hall–Kier alpha value is -0.0800. The molecule has 0 heterocycles. The van der Waals surface area contributed by atoms with E-state index in [2.05, 4.69) is 39.9 Å². The minimum atomic E-state index is 0.492. The molecule has 0 aliphatic heterocycles. The van der Waals surface area contributed by atoms with Crippen LogP contribution in [0.5, 0.6) is 0 Å². The van der Waals surface area contributed by atoms with Crippen LogP contribution in [0.1, 0.15) is 53.9 Å². The summed E-state index contributed by atoms with van der Waals surface area (Å²) in [5, 5.41) is 3.89. The molecule has 4 atom stereocenters. The lowest BCUT2D eigenvalue weighted by Gasteiger charge is -2.40. The number of rotatable bonds is 6. The molecule has 108 valence electrons. The molecule has 1 aliphatic rings. The first-order valence-corrected chi connectivity index (χ1v) is 7.70. The van der Waals surface area contributed by atoms with Gasteiger partial charge in [0.15, 0.2) is 0 Å². The lowest BCUT2D eigenvalue weighted by Crippen LogP contribution is -2.50. The molecule has 0 aromatic carbocycles. The van der Waals surface area contributed by atoms with E-state index in [4.69, 9.17) is 4.74 Å². The molecule has 1 rings (SSSR count). The molecule has 1 fully saturated rings. The van der Waals surface area contributed by atoms with Gasteiger partial charge in [-0.2, -0.15) is 0 Å². The van der Waals surface area contributed by atoms with E-state index in [9.17, 15) is 0 Å². The highest BCUT2D eigenvalue weighted by molar-refractivity contribution is 4.88. The van der Waals surface area contributed by atoms with Crippen LogP contribution in [0.25, 0.3) is 0 Å². The fourth-order valence-electron chi connectivity index (χ4n) is 3.28. The van der Waals surface area contributed by atoms with Gasteiger partial charge in [-0.1, -0.05) is 41.0 Å². The molecule has 0 bridgehead atoms. The van der Waals surface area contributed by atoms with E-state index >= 15 is 0 Å². The van der Waals surface area contributed by atoms with E-state index in [0.29, 0.717) is 18.0 Å². The maximum atomic E-state index is 5.37. The van der Waals surface area contributed by atoms with E-state index < -0.39 is 0 Å². The van der Waals surface area contributed by atoms with Crippen LogP contribution in [0.2, 0.25) is 0 Å². The second-order valence-electron chi connectivity index (χ2n) is 6.91. The van der Waals surface area contributed by atoms with Crippen molar-refractivity contribution in [3.8, 4) is 0 Å². The predicted molar refractivity (Wildman–Crippen MR) is 78.8 cm³/mol. The zero-order valence-electron chi connectivity index (χ0n) is 13.2. The number of hydrogen-bond acceptors (Lipinski definition) is 2. The van der Waals surface area contributed by atoms with Gasteiger partial charge in [-0.05, 0) is 36.5 Å².